The Morgan fingerprint density at radius 3 is 2.38 bits per heavy atom. The normalized spacial score (nSPS) is 12.1. The Balaban J connectivity index is 1.88. The van der Waals surface area contributed by atoms with Crippen molar-refractivity contribution in [2.24, 2.45) is 0 Å². The lowest BCUT2D eigenvalue weighted by atomic mass is 10.1. The van der Waals surface area contributed by atoms with E-state index in [0.29, 0.717) is 0 Å². The highest BCUT2D eigenvalue weighted by Crippen LogP contribution is 2.33. The van der Waals surface area contributed by atoms with E-state index in [1.807, 2.05) is 0 Å². The fraction of sp³-hybridized carbons (Fsp3) is 0.0833. The van der Waals surface area contributed by atoms with Gasteiger partial charge < -0.3 is 9.55 Å². The summed E-state index contributed by atoms with van der Waals surface area (Å²) in [5, 5.41) is 3.84. The SMILES string of the molecule is C/C=C\c1c(C)c2ccccc2n1-c1ccc2[nH]c3ccccc3c2c1. The number of aromatic nitrogens is 2. The molecule has 5 rings (SSSR count). The fourth-order valence-corrected chi connectivity index (χ4v) is 4.03. The van der Waals surface area contributed by atoms with Gasteiger partial charge in [-0.25, -0.2) is 0 Å². The van der Waals surface area contributed by atoms with E-state index in [9.17, 15) is 0 Å². The standard InChI is InChI=1S/C24H20N2/c1-3-8-23-16(2)18-9-5-7-12-24(18)26(23)17-13-14-22-20(15-17)19-10-4-6-11-21(19)25-22/h3-15,25H,1-2H3/b8-3-. The molecule has 126 valence electrons. The first kappa shape index (κ1) is 15.0. The summed E-state index contributed by atoms with van der Waals surface area (Å²) in [6, 6.07) is 23.8. The van der Waals surface area contributed by atoms with E-state index in [2.05, 4.69) is 102 Å². The van der Waals surface area contributed by atoms with Gasteiger partial charge in [0.25, 0.3) is 0 Å². The van der Waals surface area contributed by atoms with Crippen LogP contribution in [0.2, 0.25) is 0 Å². The minimum Gasteiger partial charge on any atom is -0.355 e. The molecule has 0 bridgehead atoms. The number of aromatic amines is 1. The summed E-state index contributed by atoms with van der Waals surface area (Å²) >= 11 is 0. The third kappa shape index (κ3) is 2.05. The topological polar surface area (TPSA) is 20.7 Å². The number of para-hydroxylation sites is 2. The molecule has 26 heavy (non-hydrogen) atoms. The van der Waals surface area contributed by atoms with Crippen molar-refractivity contribution in [2.45, 2.75) is 13.8 Å². The summed E-state index contributed by atoms with van der Waals surface area (Å²) in [6.07, 6.45) is 4.32. The van der Waals surface area contributed by atoms with Gasteiger partial charge in [-0.05, 0) is 55.8 Å². The first-order valence-electron chi connectivity index (χ1n) is 9.01. The van der Waals surface area contributed by atoms with E-state index in [0.717, 1.165) is 0 Å². The van der Waals surface area contributed by atoms with E-state index < -0.39 is 0 Å². The van der Waals surface area contributed by atoms with Crippen molar-refractivity contribution in [3.05, 3.63) is 84.1 Å². The highest BCUT2D eigenvalue weighted by Gasteiger charge is 2.14. The van der Waals surface area contributed by atoms with Crippen molar-refractivity contribution in [3.63, 3.8) is 0 Å². The number of H-pyrrole nitrogens is 1. The van der Waals surface area contributed by atoms with Gasteiger partial charge in [-0.2, -0.15) is 0 Å². The summed E-state index contributed by atoms with van der Waals surface area (Å²) in [4.78, 5) is 3.52. The molecule has 0 saturated heterocycles. The van der Waals surface area contributed by atoms with Gasteiger partial charge in [0.05, 0.1) is 5.52 Å². The minimum absolute atomic E-state index is 1.18. The Bertz CT molecular complexity index is 1300. The highest BCUT2D eigenvalue weighted by molar-refractivity contribution is 6.08. The Labute approximate surface area is 152 Å². The zero-order chi connectivity index (χ0) is 17.7. The predicted octanol–water partition coefficient (Wildman–Crippen LogP) is 6.61. The Morgan fingerprint density at radius 2 is 1.54 bits per heavy atom. The molecule has 0 spiro atoms. The van der Waals surface area contributed by atoms with Crippen LogP contribution < -0.4 is 0 Å². The largest absolute Gasteiger partial charge is 0.355 e. The van der Waals surface area contributed by atoms with Gasteiger partial charge in [-0.1, -0.05) is 42.5 Å². The van der Waals surface area contributed by atoms with Crippen LogP contribution >= 0.6 is 0 Å². The van der Waals surface area contributed by atoms with Gasteiger partial charge in [0.2, 0.25) is 0 Å². The Hall–Kier alpha value is -3.26. The van der Waals surface area contributed by atoms with Gasteiger partial charge in [0.15, 0.2) is 0 Å². The summed E-state index contributed by atoms with van der Waals surface area (Å²) in [5.41, 5.74) is 7.36. The van der Waals surface area contributed by atoms with Gasteiger partial charge in [-0.15, -0.1) is 0 Å². The zero-order valence-corrected chi connectivity index (χ0v) is 15.0. The second-order valence-corrected chi connectivity index (χ2v) is 6.76. The molecule has 0 aliphatic rings. The van der Waals surface area contributed by atoms with Crippen LogP contribution in [0.3, 0.4) is 0 Å². The fourth-order valence-electron chi connectivity index (χ4n) is 4.03. The number of fused-ring (bicyclic) bond motifs is 4. The minimum atomic E-state index is 1.18. The zero-order valence-electron chi connectivity index (χ0n) is 15.0. The summed E-state index contributed by atoms with van der Waals surface area (Å²) < 4.78 is 2.37. The lowest BCUT2D eigenvalue weighted by Gasteiger charge is -2.10. The lowest BCUT2D eigenvalue weighted by Crippen LogP contribution is -1.96. The first-order chi connectivity index (χ1) is 12.8. The number of benzene rings is 3. The molecular weight excluding hydrogens is 316 g/mol. The smallest absolute Gasteiger partial charge is 0.0537 e. The predicted molar refractivity (Wildman–Crippen MR) is 112 cm³/mol. The Morgan fingerprint density at radius 1 is 0.808 bits per heavy atom. The maximum Gasteiger partial charge on any atom is 0.0537 e. The quantitative estimate of drug-likeness (QED) is 0.374. The second-order valence-electron chi connectivity index (χ2n) is 6.76. The molecule has 0 saturated carbocycles. The number of hydrogen-bond donors (Lipinski definition) is 1. The van der Waals surface area contributed by atoms with Crippen LogP contribution in [-0.4, -0.2) is 9.55 Å². The molecule has 1 N–H and O–H groups in total. The molecule has 2 aromatic heterocycles. The highest BCUT2D eigenvalue weighted by atomic mass is 15.0. The van der Waals surface area contributed by atoms with Crippen LogP contribution in [0.15, 0.2) is 72.8 Å². The van der Waals surface area contributed by atoms with Gasteiger partial charge in [-0.3, -0.25) is 0 Å². The van der Waals surface area contributed by atoms with Crippen molar-refractivity contribution >= 4 is 38.8 Å². The molecule has 0 radical (unpaired) electrons. The molecule has 0 unspecified atom stereocenters. The van der Waals surface area contributed by atoms with Crippen LogP contribution in [0.4, 0.5) is 0 Å². The number of hydrogen-bond acceptors (Lipinski definition) is 0. The number of allylic oxidation sites excluding steroid dienone is 1. The van der Waals surface area contributed by atoms with Gasteiger partial charge in [0, 0.05) is 38.6 Å². The van der Waals surface area contributed by atoms with E-state index >= 15 is 0 Å². The van der Waals surface area contributed by atoms with Crippen LogP contribution in [0, 0.1) is 6.92 Å². The monoisotopic (exact) mass is 336 g/mol. The molecule has 2 heterocycles. The average Bonchev–Trinajstić information content (AvgIpc) is 3.18. The molecular formula is C24H20N2. The lowest BCUT2D eigenvalue weighted by molar-refractivity contribution is 1.10. The molecule has 0 atom stereocenters. The molecule has 0 aliphatic carbocycles. The van der Waals surface area contributed by atoms with Crippen LogP contribution in [-0.2, 0) is 0 Å². The van der Waals surface area contributed by atoms with Crippen LogP contribution in [0.5, 0.6) is 0 Å². The Kier molecular flexibility index (Phi) is 3.26. The molecule has 0 fully saturated rings. The molecule has 5 aromatic rings. The maximum absolute atomic E-state index is 3.52. The second kappa shape index (κ2) is 5.63. The van der Waals surface area contributed by atoms with Crippen LogP contribution in [0.25, 0.3) is 44.5 Å². The van der Waals surface area contributed by atoms with Gasteiger partial charge in [0.1, 0.15) is 0 Å². The van der Waals surface area contributed by atoms with Crippen LogP contribution in [0.1, 0.15) is 18.2 Å². The molecule has 0 aliphatic heterocycles. The summed E-state index contributed by atoms with van der Waals surface area (Å²) in [7, 11) is 0. The molecule has 0 amide bonds. The van der Waals surface area contributed by atoms with E-state index in [4.69, 9.17) is 0 Å². The molecule has 2 nitrogen and oxygen atoms in total. The van der Waals surface area contributed by atoms with E-state index in [1.165, 1.54) is 49.7 Å². The molecule has 2 heteroatoms. The van der Waals surface area contributed by atoms with Crippen molar-refractivity contribution in [1.82, 2.24) is 9.55 Å². The van der Waals surface area contributed by atoms with Gasteiger partial charge >= 0.3 is 0 Å². The maximum atomic E-state index is 3.52. The summed E-state index contributed by atoms with van der Waals surface area (Å²) in [5.74, 6) is 0. The van der Waals surface area contributed by atoms with E-state index in [1.54, 1.807) is 0 Å². The number of nitrogens with one attached hydrogen (secondary N) is 1. The summed E-state index contributed by atoms with van der Waals surface area (Å²) in [6.45, 7) is 4.28. The van der Waals surface area contributed by atoms with Crippen molar-refractivity contribution in [1.29, 1.82) is 0 Å². The molecule has 3 aromatic carbocycles. The van der Waals surface area contributed by atoms with E-state index in [-0.39, 0.29) is 0 Å². The van der Waals surface area contributed by atoms with Crippen molar-refractivity contribution < 1.29 is 0 Å². The third-order valence-electron chi connectivity index (χ3n) is 5.25. The third-order valence-corrected chi connectivity index (χ3v) is 5.25. The van der Waals surface area contributed by atoms with Crippen molar-refractivity contribution in [3.8, 4) is 5.69 Å². The number of aryl methyl sites for hydroxylation is 1. The van der Waals surface area contributed by atoms with Crippen molar-refractivity contribution in [2.75, 3.05) is 0 Å². The first-order valence-corrected chi connectivity index (χ1v) is 9.01. The average molecular weight is 336 g/mol. The number of rotatable bonds is 2. The number of nitrogens with zero attached hydrogens (tertiary/aromatic N) is 1.